The molecule has 0 bridgehead atoms. The van der Waals surface area contributed by atoms with Crippen LogP contribution in [-0.2, 0) is 0 Å². The molecule has 18 heavy (non-hydrogen) atoms. The van der Waals surface area contributed by atoms with Gasteiger partial charge in [-0.1, -0.05) is 30.3 Å². The highest BCUT2D eigenvalue weighted by Gasteiger charge is 2.15. The predicted molar refractivity (Wildman–Crippen MR) is 69.8 cm³/mol. The Morgan fingerprint density at radius 1 is 0.944 bits per heavy atom. The predicted octanol–water partition coefficient (Wildman–Crippen LogP) is 3.04. The molecule has 0 aliphatic heterocycles. The van der Waals surface area contributed by atoms with Crippen molar-refractivity contribution in [3.63, 3.8) is 0 Å². The summed E-state index contributed by atoms with van der Waals surface area (Å²) in [4.78, 5) is 12.3. The minimum absolute atomic E-state index is 0.00685. The second kappa shape index (κ2) is 4.04. The number of fused-ring (bicyclic) bond motifs is 1. The van der Waals surface area contributed by atoms with E-state index in [0.717, 1.165) is 10.8 Å². The Balaban J connectivity index is 2.28. The Morgan fingerprint density at radius 3 is 2.44 bits per heavy atom. The van der Waals surface area contributed by atoms with Crippen molar-refractivity contribution in [1.29, 1.82) is 0 Å². The number of carbonyl (C=O) groups is 1. The molecule has 3 rings (SSSR count). The molecule has 3 heteroatoms. The Hall–Kier alpha value is -2.55. The molecule has 0 saturated heterocycles. The van der Waals surface area contributed by atoms with Crippen LogP contribution in [-0.4, -0.2) is 15.6 Å². The van der Waals surface area contributed by atoms with E-state index in [1.54, 1.807) is 36.7 Å². The second-order valence-electron chi connectivity index (χ2n) is 4.08. The lowest BCUT2D eigenvalue weighted by atomic mass is 10.0. The lowest BCUT2D eigenvalue weighted by molar-refractivity contribution is 0.0959. The number of benzene rings is 2. The third kappa shape index (κ3) is 1.57. The van der Waals surface area contributed by atoms with Crippen LogP contribution in [0.4, 0.5) is 0 Å². The average molecular weight is 237 g/mol. The van der Waals surface area contributed by atoms with E-state index in [0.29, 0.717) is 5.56 Å². The summed E-state index contributed by atoms with van der Waals surface area (Å²) >= 11 is 0. The summed E-state index contributed by atoms with van der Waals surface area (Å²) in [6.45, 7) is 0. The van der Waals surface area contributed by atoms with Gasteiger partial charge in [0.25, 0.3) is 5.91 Å². The summed E-state index contributed by atoms with van der Waals surface area (Å²) in [5, 5.41) is 11.6. The van der Waals surface area contributed by atoms with Gasteiger partial charge in [0, 0.05) is 12.4 Å². The van der Waals surface area contributed by atoms with Gasteiger partial charge in [-0.3, -0.25) is 9.36 Å². The lowest BCUT2D eigenvalue weighted by Crippen LogP contribution is -2.10. The first-order valence-electron chi connectivity index (χ1n) is 5.66. The molecule has 0 unspecified atom stereocenters. The number of hydrogen-bond donors (Lipinski definition) is 1. The molecule has 3 nitrogen and oxygen atoms in total. The highest BCUT2D eigenvalue weighted by molar-refractivity contribution is 6.10. The quantitative estimate of drug-likeness (QED) is 0.706. The second-order valence-corrected chi connectivity index (χ2v) is 4.08. The molecule has 0 spiro atoms. The maximum atomic E-state index is 12.3. The monoisotopic (exact) mass is 237 g/mol. The van der Waals surface area contributed by atoms with Crippen LogP contribution < -0.4 is 0 Å². The van der Waals surface area contributed by atoms with E-state index < -0.39 is 0 Å². The number of aromatic nitrogens is 1. The van der Waals surface area contributed by atoms with Crippen molar-refractivity contribution in [2.75, 3.05) is 0 Å². The van der Waals surface area contributed by atoms with Gasteiger partial charge in [-0.25, -0.2) is 0 Å². The van der Waals surface area contributed by atoms with Crippen LogP contribution in [0.1, 0.15) is 10.4 Å². The third-order valence-electron chi connectivity index (χ3n) is 2.96. The van der Waals surface area contributed by atoms with E-state index in [4.69, 9.17) is 0 Å². The molecule has 0 aliphatic carbocycles. The standard InChI is InChI=1S/C15H11NO2/c17-13-8-7-11-5-1-2-6-12(11)14(13)15(18)16-9-3-4-10-16/h1-10,17H. The first-order chi connectivity index (χ1) is 8.77. The van der Waals surface area contributed by atoms with Gasteiger partial charge in [-0.15, -0.1) is 0 Å². The van der Waals surface area contributed by atoms with Gasteiger partial charge in [-0.05, 0) is 29.0 Å². The van der Waals surface area contributed by atoms with Crippen molar-refractivity contribution >= 4 is 16.7 Å². The van der Waals surface area contributed by atoms with E-state index in [2.05, 4.69) is 0 Å². The van der Waals surface area contributed by atoms with Crippen molar-refractivity contribution in [3.05, 3.63) is 66.5 Å². The number of aromatic hydroxyl groups is 1. The van der Waals surface area contributed by atoms with Crippen LogP contribution in [0, 0.1) is 0 Å². The fourth-order valence-electron chi connectivity index (χ4n) is 2.08. The van der Waals surface area contributed by atoms with Crippen molar-refractivity contribution in [3.8, 4) is 5.75 Å². The topological polar surface area (TPSA) is 42.2 Å². The molecule has 0 aliphatic rings. The van der Waals surface area contributed by atoms with Crippen molar-refractivity contribution < 1.29 is 9.90 Å². The fourth-order valence-corrected chi connectivity index (χ4v) is 2.08. The van der Waals surface area contributed by atoms with Crippen molar-refractivity contribution in [2.45, 2.75) is 0 Å². The molecule has 2 aromatic carbocycles. The number of carbonyl (C=O) groups excluding carboxylic acids is 1. The molecule has 1 heterocycles. The maximum Gasteiger partial charge on any atom is 0.266 e. The van der Waals surface area contributed by atoms with Gasteiger partial charge in [0.15, 0.2) is 0 Å². The molecular weight excluding hydrogens is 226 g/mol. The summed E-state index contributed by atoms with van der Waals surface area (Å²) in [5.74, 6) is -0.221. The van der Waals surface area contributed by atoms with Crippen LogP contribution in [0.5, 0.6) is 5.75 Å². The number of phenolic OH excluding ortho intramolecular Hbond substituents is 1. The van der Waals surface area contributed by atoms with Crippen molar-refractivity contribution in [2.24, 2.45) is 0 Å². The molecule has 0 atom stereocenters. The van der Waals surface area contributed by atoms with Gasteiger partial charge in [0.2, 0.25) is 0 Å². The first-order valence-corrected chi connectivity index (χ1v) is 5.66. The molecule has 3 aromatic rings. The smallest absolute Gasteiger partial charge is 0.266 e. The zero-order valence-corrected chi connectivity index (χ0v) is 9.58. The van der Waals surface area contributed by atoms with Gasteiger partial charge in [0.1, 0.15) is 5.75 Å². The van der Waals surface area contributed by atoms with Crippen LogP contribution in [0.25, 0.3) is 10.8 Å². The van der Waals surface area contributed by atoms with E-state index >= 15 is 0 Å². The van der Waals surface area contributed by atoms with Crippen molar-refractivity contribution in [1.82, 2.24) is 4.57 Å². The first kappa shape index (κ1) is 10.6. The van der Waals surface area contributed by atoms with Crippen LogP contribution in [0.2, 0.25) is 0 Å². The minimum Gasteiger partial charge on any atom is -0.507 e. The van der Waals surface area contributed by atoms with Gasteiger partial charge in [0.05, 0.1) is 5.56 Å². The Morgan fingerprint density at radius 2 is 1.67 bits per heavy atom. The number of hydrogen-bond acceptors (Lipinski definition) is 2. The molecule has 0 amide bonds. The summed E-state index contributed by atoms with van der Waals surface area (Å²) in [6.07, 6.45) is 3.34. The zero-order valence-electron chi connectivity index (χ0n) is 9.58. The highest BCUT2D eigenvalue weighted by atomic mass is 16.3. The van der Waals surface area contributed by atoms with Gasteiger partial charge >= 0.3 is 0 Å². The Bertz CT molecular complexity index is 714. The van der Waals surface area contributed by atoms with Gasteiger partial charge in [-0.2, -0.15) is 0 Å². The number of phenols is 1. The van der Waals surface area contributed by atoms with E-state index in [9.17, 15) is 9.90 Å². The van der Waals surface area contributed by atoms with E-state index in [1.807, 2.05) is 24.3 Å². The molecule has 1 aromatic heterocycles. The molecule has 1 N–H and O–H groups in total. The minimum atomic E-state index is -0.227. The normalized spacial score (nSPS) is 10.7. The fraction of sp³-hybridized carbons (Fsp3) is 0. The van der Waals surface area contributed by atoms with Crippen LogP contribution in [0.15, 0.2) is 60.9 Å². The summed E-state index contributed by atoms with van der Waals surface area (Å²) in [6, 6.07) is 14.4. The average Bonchev–Trinajstić information content (AvgIpc) is 2.92. The summed E-state index contributed by atoms with van der Waals surface area (Å²) < 4.78 is 1.46. The third-order valence-corrected chi connectivity index (χ3v) is 2.96. The Kier molecular flexibility index (Phi) is 2.38. The van der Waals surface area contributed by atoms with Crippen LogP contribution >= 0.6 is 0 Å². The van der Waals surface area contributed by atoms with Crippen LogP contribution in [0.3, 0.4) is 0 Å². The molecule has 0 fully saturated rings. The highest BCUT2D eigenvalue weighted by Crippen LogP contribution is 2.27. The summed E-state index contributed by atoms with van der Waals surface area (Å²) in [7, 11) is 0. The maximum absolute atomic E-state index is 12.3. The lowest BCUT2D eigenvalue weighted by Gasteiger charge is -2.08. The Labute approximate surface area is 104 Å². The molecule has 0 saturated carbocycles. The number of rotatable bonds is 1. The van der Waals surface area contributed by atoms with Gasteiger partial charge < -0.3 is 5.11 Å². The van der Waals surface area contributed by atoms with E-state index in [-0.39, 0.29) is 11.7 Å². The summed E-state index contributed by atoms with van der Waals surface area (Å²) in [5.41, 5.74) is 0.337. The largest absolute Gasteiger partial charge is 0.507 e. The zero-order chi connectivity index (χ0) is 12.5. The van der Waals surface area contributed by atoms with E-state index in [1.165, 1.54) is 4.57 Å². The molecule has 88 valence electrons. The molecular formula is C15H11NO2. The SMILES string of the molecule is O=C(c1c(O)ccc2ccccc12)n1cccc1. The molecule has 0 radical (unpaired) electrons. The number of nitrogens with zero attached hydrogens (tertiary/aromatic N) is 1.